The molecule has 13 heavy (non-hydrogen) atoms. The molecule has 2 aromatic rings. The highest BCUT2D eigenvalue weighted by Crippen LogP contribution is 2.16. The van der Waals surface area contributed by atoms with Gasteiger partial charge in [-0.25, -0.2) is 4.98 Å². The van der Waals surface area contributed by atoms with Gasteiger partial charge in [-0.15, -0.1) is 0 Å². The first-order valence-corrected chi connectivity index (χ1v) is 7.96. The molecule has 0 saturated heterocycles. The second kappa shape index (κ2) is 2.70. The number of benzene rings is 1. The largest absolute Gasteiger partial charge is 0.359 e. The SMILES string of the molecule is C[Si](C)(C)n1cnc2ccccc21. The Morgan fingerprint density at radius 3 is 2.54 bits per heavy atom. The van der Waals surface area contributed by atoms with Crippen LogP contribution in [-0.4, -0.2) is 17.5 Å². The second-order valence-electron chi connectivity index (χ2n) is 4.27. The predicted octanol–water partition coefficient (Wildman–Crippen LogP) is 2.72. The molecule has 2 nitrogen and oxygen atoms in total. The van der Waals surface area contributed by atoms with E-state index in [1.54, 1.807) is 0 Å². The molecule has 0 atom stereocenters. The highest BCUT2D eigenvalue weighted by molar-refractivity contribution is 6.75. The second-order valence-corrected chi connectivity index (χ2v) is 9.10. The molecule has 3 heteroatoms. The van der Waals surface area contributed by atoms with E-state index in [0.29, 0.717) is 0 Å². The van der Waals surface area contributed by atoms with Crippen molar-refractivity contribution >= 4 is 19.3 Å². The number of para-hydroxylation sites is 2. The van der Waals surface area contributed by atoms with Gasteiger partial charge in [0.05, 0.1) is 17.4 Å². The third-order valence-corrected chi connectivity index (χ3v) is 3.98. The lowest BCUT2D eigenvalue weighted by Crippen LogP contribution is -2.30. The van der Waals surface area contributed by atoms with E-state index in [1.807, 2.05) is 12.4 Å². The van der Waals surface area contributed by atoms with Crippen molar-refractivity contribution in [3.63, 3.8) is 0 Å². The molecule has 0 N–H and O–H groups in total. The van der Waals surface area contributed by atoms with Crippen LogP contribution in [0.15, 0.2) is 30.6 Å². The van der Waals surface area contributed by atoms with Crippen molar-refractivity contribution in [3.8, 4) is 0 Å². The number of nitrogens with zero attached hydrogens (tertiary/aromatic N) is 2. The lowest BCUT2D eigenvalue weighted by Gasteiger charge is -2.18. The summed E-state index contributed by atoms with van der Waals surface area (Å²) in [5, 5.41) is 0. The zero-order valence-electron chi connectivity index (χ0n) is 8.28. The lowest BCUT2D eigenvalue weighted by atomic mass is 10.3. The molecule has 1 aromatic carbocycles. The van der Waals surface area contributed by atoms with Gasteiger partial charge in [0.25, 0.3) is 0 Å². The summed E-state index contributed by atoms with van der Waals surface area (Å²) in [4.78, 5) is 4.38. The van der Waals surface area contributed by atoms with E-state index in [9.17, 15) is 0 Å². The zero-order valence-corrected chi connectivity index (χ0v) is 9.28. The molecule has 1 aromatic heterocycles. The normalized spacial score (nSPS) is 12.2. The summed E-state index contributed by atoms with van der Waals surface area (Å²) >= 11 is 0. The van der Waals surface area contributed by atoms with Crippen LogP contribution < -0.4 is 0 Å². The molecule has 2 rings (SSSR count). The van der Waals surface area contributed by atoms with Crippen LogP contribution in [0.5, 0.6) is 0 Å². The highest BCUT2D eigenvalue weighted by Gasteiger charge is 2.18. The van der Waals surface area contributed by atoms with Gasteiger partial charge in [-0.05, 0) is 12.1 Å². The monoisotopic (exact) mass is 190 g/mol. The number of fused-ring (bicyclic) bond motifs is 1. The van der Waals surface area contributed by atoms with Crippen molar-refractivity contribution < 1.29 is 0 Å². The van der Waals surface area contributed by atoms with Crippen LogP contribution in [0.25, 0.3) is 11.0 Å². The number of rotatable bonds is 1. The molecule has 0 saturated carbocycles. The number of hydrogen-bond donors (Lipinski definition) is 0. The third-order valence-electron chi connectivity index (χ3n) is 2.18. The number of aromatic nitrogens is 2. The Hall–Kier alpha value is -1.09. The molecule has 1 heterocycles. The minimum Gasteiger partial charge on any atom is -0.359 e. The number of imidazole rings is 1. The zero-order chi connectivity index (χ0) is 9.47. The van der Waals surface area contributed by atoms with Gasteiger partial charge in [0.15, 0.2) is 8.24 Å². The van der Waals surface area contributed by atoms with Gasteiger partial charge >= 0.3 is 0 Å². The Morgan fingerprint density at radius 2 is 1.85 bits per heavy atom. The standard InChI is InChI=1S/C10H14N2Si/c1-13(2,3)12-8-11-9-6-4-5-7-10(9)12/h4-8H,1-3H3. The van der Waals surface area contributed by atoms with Gasteiger partial charge in [-0.1, -0.05) is 31.8 Å². The smallest absolute Gasteiger partial charge is 0.154 e. The van der Waals surface area contributed by atoms with Crippen LogP contribution >= 0.6 is 0 Å². The fraction of sp³-hybridized carbons (Fsp3) is 0.300. The van der Waals surface area contributed by atoms with E-state index < -0.39 is 8.24 Å². The summed E-state index contributed by atoms with van der Waals surface area (Å²) in [7, 11) is -1.29. The maximum absolute atomic E-state index is 4.38. The number of hydrogen-bond acceptors (Lipinski definition) is 1. The minimum atomic E-state index is -1.29. The van der Waals surface area contributed by atoms with Crippen LogP contribution in [0.3, 0.4) is 0 Å². The lowest BCUT2D eigenvalue weighted by molar-refractivity contribution is 1.16. The predicted molar refractivity (Wildman–Crippen MR) is 58.5 cm³/mol. The van der Waals surface area contributed by atoms with Crippen molar-refractivity contribution in [3.05, 3.63) is 30.6 Å². The molecule has 0 aliphatic heterocycles. The fourth-order valence-corrected chi connectivity index (χ4v) is 2.81. The van der Waals surface area contributed by atoms with E-state index in [1.165, 1.54) is 5.52 Å². The van der Waals surface area contributed by atoms with Crippen LogP contribution in [0, 0.1) is 0 Å². The molecular formula is C10H14N2Si. The molecular weight excluding hydrogens is 176 g/mol. The van der Waals surface area contributed by atoms with Gasteiger partial charge in [0.1, 0.15) is 0 Å². The molecule has 0 unspecified atom stereocenters. The van der Waals surface area contributed by atoms with Crippen LogP contribution in [0.2, 0.25) is 19.6 Å². The summed E-state index contributed by atoms with van der Waals surface area (Å²) in [5.41, 5.74) is 2.37. The third kappa shape index (κ3) is 1.39. The maximum Gasteiger partial charge on any atom is 0.154 e. The Kier molecular flexibility index (Phi) is 1.77. The van der Waals surface area contributed by atoms with Crippen molar-refractivity contribution in [1.29, 1.82) is 0 Å². The first-order chi connectivity index (χ1) is 6.09. The van der Waals surface area contributed by atoms with Crippen LogP contribution in [-0.2, 0) is 0 Å². The first kappa shape index (κ1) is 8.50. The van der Waals surface area contributed by atoms with Gasteiger partial charge < -0.3 is 4.23 Å². The highest BCUT2D eigenvalue weighted by atomic mass is 28.3. The molecule has 0 aliphatic rings. The maximum atomic E-state index is 4.38. The van der Waals surface area contributed by atoms with Crippen molar-refractivity contribution in [2.24, 2.45) is 0 Å². The molecule has 68 valence electrons. The minimum absolute atomic E-state index is 1.10. The van der Waals surface area contributed by atoms with Crippen molar-refractivity contribution in [2.45, 2.75) is 19.6 Å². The van der Waals surface area contributed by atoms with Gasteiger partial charge in [0.2, 0.25) is 0 Å². The summed E-state index contributed by atoms with van der Waals surface area (Å²) in [5.74, 6) is 0. The van der Waals surface area contributed by atoms with Crippen molar-refractivity contribution in [2.75, 3.05) is 0 Å². The Bertz CT molecular complexity index is 426. The van der Waals surface area contributed by atoms with Crippen LogP contribution in [0.4, 0.5) is 0 Å². The summed E-state index contributed by atoms with van der Waals surface area (Å²) in [6.07, 6.45) is 1.97. The average molecular weight is 190 g/mol. The van der Waals surface area contributed by atoms with Crippen LogP contribution in [0.1, 0.15) is 0 Å². The van der Waals surface area contributed by atoms with Crippen molar-refractivity contribution in [1.82, 2.24) is 9.22 Å². The summed E-state index contributed by atoms with van der Waals surface area (Å²) in [6, 6.07) is 8.30. The molecule has 0 radical (unpaired) electrons. The molecule has 0 amide bonds. The van der Waals surface area contributed by atoms with E-state index >= 15 is 0 Å². The fourth-order valence-electron chi connectivity index (χ4n) is 1.49. The molecule has 0 fully saturated rings. The molecule has 0 bridgehead atoms. The van der Waals surface area contributed by atoms with Gasteiger partial charge in [0, 0.05) is 0 Å². The molecule has 0 spiro atoms. The average Bonchev–Trinajstić information content (AvgIpc) is 2.45. The molecule has 0 aliphatic carbocycles. The van der Waals surface area contributed by atoms with E-state index in [4.69, 9.17) is 0 Å². The van der Waals surface area contributed by atoms with E-state index in [2.05, 4.69) is 47.1 Å². The quantitative estimate of drug-likeness (QED) is 0.632. The van der Waals surface area contributed by atoms with E-state index in [-0.39, 0.29) is 0 Å². The van der Waals surface area contributed by atoms with Gasteiger partial charge in [-0.2, -0.15) is 0 Å². The Balaban J connectivity index is 2.72. The first-order valence-electron chi connectivity index (χ1n) is 4.51. The summed E-state index contributed by atoms with van der Waals surface area (Å²) < 4.78 is 2.34. The topological polar surface area (TPSA) is 17.8 Å². The Labute approximate surface area is 79.3 Å². The summed E-state index contributed by atoms with van der Waals surface area (Å²) in [6.45, 7) is 6.96. The Morgan fingerprint density at radius 1 is 1.15 bits per heavy atom. The van der Waals surface area contributed by atoms with E-state index in [0.717, 1.165) is 5.52 Å². The van der Waals surface area contributed by atoms with Gasteiger partial charge in [-0.3, -0.25) is 0 Å².